The number of nitrogens with one attached hydrogen (secondary N) is 1. The Morgan fingerprint density at radius 2 is 2.39 bits per heavy atom. The summed E-state index contributed by atoms with van der Waals surface area (Å²) in [5.74, 6) is 0.425. The Balaban J connectivity index is 1.98. The Labute approximate surface area is 111 Å². The van der Waals surface area contributed by atoms with Crippen molar-refractivity contribution in [1.29, 1.82) is 0 Å². The van der Waals surface area contributed by atoms with E-state index in [0.717, 1.165) is 25.7 Å². The molecule has 0 amide bonds. The van der Waals surface area contributed by atoms with E-state index < -0.39 is 0 Å². The van der Waals surface area contributed by atoms with Crippen molar-refractivity contribution >= 4 is 17.3 Å². The molecule has 6 heteroatoms. The van der Waals surface area contributed by atoms with Crippen LogP contribution in [0.4, 0.5) is 5.69 Å². The lowest BCUT2D eigenvalue weighted by molar-refractivity contribution is 0.105. The molecule has 0 bridgehead atoms. The van der Waals surface area contributed by atoms with Crippen molar-refractivity contribution in [2.24, 2.45) is 13.0 Å². The van der Waals surface area contributed by atoms with Gasteiger partial charge in [-0.05, 0) is 25.2 Å². The quantitative estimate of drug-likeness (QED) is 0.872. The van der Waals surface area contributed by atoms with E-state index in [1.807, 2.05) is 0 Å². The van der Waals surface area contributed by atoms with E-state index in [1.165, 1.54) is 4.68 Å². The first-order chi connectivity index (χ1) is 8.58. The van der Waals surface area contributed by atoms with Gasteiger partial charge in [0.1, 0.15) is 5.02 Å². The SMILES string of the molecule is Cn1ncc(NCC2CCCC(O)C2)c(Cl)c1=O. The van der Waals surface area contributed by atoms with Crippen molar-refractivity contribution in [2.45, 2.75) is 31.8 Å². The summed E-state index contributed by atoms with van der Waals surface area (Å²) in [6.07, 6.45) is 5.22. The summed E-state index contributed by atoms with van der Waals surface area (Å²) in [6.45, 7) is 0.714. The van der Waals surface area contributed by atoms with Crippen LogP contribution in [-0.4, -0.2) is 27.5 Å². The van der Waals surface area contributed by atoms with Gasteiger partial charge in [0.15, 0.2) is 0 Å². The van der Waals surface area contributed by atoms with E-state index in [2.05, 4.69) is 10.4 Å². The number of aliphatic hydroxyl groups is 1. The summed E-state index contributed by atoms with van der Waals surface area (Å²) in [5.41, 5.74) is 0.269. The van der Waals surface area contributed by atoms with Gasteiger partial charge in [0.05, 0.1) is 18.0 Å². The fourth-order valence-corrected chi connectivity index (χ4v) is 2.57. The number of nitrogens with zero attached hydrogens (tertiary/aromatic N) is 2. The van der Waals surface area contributed by atoms with Gasteiger partial charge in [-0.25, -0.2) is 4.68 Å². The van der Waals surface area contributed by atoms with E-state index >= 15 is 0 Å². The van der Waals surface area contributed by atoms with Gasteiger partial charge in [-0.1, -0.05) is 18.0 Å². The van der Waals surface area contributed by atoms with Gasteiger partial charge in [0.25, 0.3) is 5.56 Å². The van der Waals surface area contributed by atoms with E-state index in [-0.39, 0.29) is 16.7 Å². The van der Waals surface area contributed by atoms with E-state index in [4.69, 9.17) is 11.6 Å². The van der Waals surface area contributed by atoms with Crippen LogP contribution in [0.1, 0.15) is 25.7 Å². The maximum Gasteiger partial charge on any atom is 0.287 e. The average molecular weight is 272 g/mol. The van der Waals surface area contributed by atoms with Crippen LogP contribution < -0.4 is 10.9 Å². The molecular weight excluding hydrogens is 254 g/mol. The molecule has 1 aromatic rings. The van der Waals surface area contributed by atoms with Gasteiger partial charge in [-0.2, -0.15) is 5.10 Å². The van der Waals surface area contributed by atoms with Crippen LogP contribution in [0, 0.1) is 5.92 Å². The van der Waals surface area contributed by atoms with Crippen molar-refractivity contribution in [3.05, 3.63) is 21.6 Å². The molecule has 1 heterocycles. The number of halogens is 1. The highest BCUT2D eigenvalue weighted by Crippen LogP contribution is 2.25. The largest absolute Gasteiger partial charge is 0.393 e. The zero-order chi connectivity index (χ0) is 13.1. The van der Waals surface area contributed by atoms with Gasteiger partial charge in [0, 0.05) is 13.6 Å². The highest BCUT2D eigenvalue weighted by Gasteiger charge is 2.20. The molecule has 0 radical (unpaired) electrons. The third-order valence-corrected chi connectivity index (χ3v) is 3.78. The smallest absolute Gasteiger partial charge is 0.287 e. The van der Waals surface area contributed by atoms with Crippen LogP contribution in [0.3, 0.4) is 0 Å². The van der Waals surface area contributed by atoms with Crippen LogP contribution in [0.15, 0.2) is 11.0 Å². The minimum atomic E-state index is -0.301. The second kappa shape index (κ2) is 5.71. The summed E-state index contributed by atoms with van der Waals surface area (Å²) in [7, 11) is 1.56. The molecule has 2 rings (SSSR count). The molecule has 0 saturated heterocycles. The summed E-state index contributed by atoms with van der Waals surface area (Å²) >= 11 is 5.96. The van der Waals surface area contributed by atoms with Gasteiger partial charge < -0.3 is 10.4 Å². The van der Waals surface area contributed by atoms with Crippen molar-refractivity contribution in [3.8, 4) is 0 Å². The minimum absolute atomic E-state index is 0.170. The predicted molar refractivity (Wildman–Crippen MR) is 70.9 cm³/mol. The fraction of sp³-hybridized carbons (Fsp3) is 0.667. The summed E-state index contributed by atoms with van der Waals surface area (Å²) in [5, 5.41) is 16.8. The molecule has 0 aromatic carbocycles. The highest BCUT2D eigenvalue weighted by molar-refractivity contribution is 6.32. The number of aromatic nitrogens is 2. The number of hydrogen-bond donors (Lipinski definition) is 2. The van der Waals surface area contributed by atoms with Crippen LogP contribution in [0.2, 0.25) is 5.02 Å². The van der Waals surface area contributed by atoms with E-state index in [1.54, 1.807) is 13.2 Å². The maximum atomic E-state index is 11.6. The van der Waals surface area contributed by atoms with Crippen LogP contribution >= 0.6 is 11.6 Å². The molecule has 1 aliphatic rings. The Bertz CT molecular complexity index is 475. The molecule has 1 saturated carbocycles. The topological polar surface area (TPSA) is 67.2 Å². The standard InChI is InChI=1S/C12H18ClN3O2/c1-16-12(18)11(13)10(7-15-16)14-6-8-3-2-4-9(17)5-8/h7-9,14,17H,2-6H2,1H3. The molecule has 0 spiro atoms. The van der Waals surface area contributed by atoms with E-state index in [9.17, 15) is 9.90 Å². The summed E-state index contributed by atoms with van der Waals surface area (Å²) in [6, 6.07) is 0. The highest BCUT2D eigenvalue weighted by atomic mass is 35.5. The Hall–Kier alpha value is -1.07. The lowest BCUT2D eigenvalue weighted by atomic mass is 9.87. The molecule has 1 fully saturated rings. The molecule has 2 N–H and O–H groups in total. The number of rotatable bonds is 3. The number of aliphatic hydroxyl groups excluding tert-OH is 1. The first-order valence-corrected chi connectivity index (χ1v) is 6.59. The molecule has 1 aromatic heterocycles. The molecule has 1 aliphatic carbocycles. The fourth-order valence-electron chi connectivity index (χ4n) is 2.34. The van der Waals surface area contributed by atoms with Gasteiger partial charge >= 0.3 is 0 Å². The minimum Gasteiger partial charge on any atom is -0.393 e. The van der Waals surface area contributed by atoms with Crippen molar-refractivity contribution < 1.29 is 5.11 Å². The lowest BCUT2D eigenvalue weighted by Crippen LogP contribution is -2.26. The Morgan fingerprint density at radius 3 is 3.11 bits per heavy atom. The summed E-state index contributed by atoms with van der Waals surface area (Å²) in [4.78, 5) is 11.6. The predicted octanol–water partition coefficient (Wildman–Crippen LogP) is 1.40. The third-order valence-electron chi connectivity index (χ3n) is 3.41. The number of aryl methyl sites for hydroxylation is 1. The van der Waals surface area contributed by atoms with Crippen molar-refractivity contribution in [3.63, 3.8) is 0 Å². The zero-order valence-corrected chi connectivity index (χ0v) is 11.2. The van der Waals surface area contributed by atoms with Crippen LogP contribution in [-0.2, 0) is 7.05 Å². The normalized spacial score (nSPS) is 23.9. The number of hydrogen-bond acceptors (Lipinski definition) is 4. The number of anilines is 1. The molecule has 100 valence electrons. The lowest BCUT2D eigenvalue weighted by Gasteiger charge is -2.26. The van der Waals surface area contributed by atoms with Gasteiger partial charge in [-0.3, -0.25) is 4.79 Å². The summed E-state index contributed by atoms with van der Waals surface area (Å²) < 4.78 is 1.21. The Kier molecular flexibility index (Phi) is 4.24. The maximum absolute atomic E-state index is 11.6. The molecular formula is C12H18ClN3O2. The zero-order valence-electron chi connectivity index (χ0n) is 10.4. The van der Waals surface area contributed by atoms with Crippen molar-refractivity contribution in [1.82, 2.24) is 9.78 Å². The second-order valence-corrected chi connectivity index (χ2v) is 5.25. The second-order valence-electron chi connectivity index (χ2n) is 4.87. The van der Waals surface area contributed by atoms with E-state index in [0.29, 0.717) is 18.2 Å². The first-order valence-electron chi connectivity index (χ1n) is 6.21. The Morgan fingerprint density at radius 1 is 1.61 bits per heavy atom. The molecule has 2 atom stereocenters. The third kappa shape index (κ3) is 3.03. The average Bonchev–Trinajstić information content (AvgIpc) is 2.35. The van der Waals surface area contributed by atoms with Crippen molar-refractivity contribution in [2.75, 3.05) is 11.9 Å². The van der Waals surface area contributed by atoms with Crippen LogP contribution in [0.5, 0.6) is 0 Å². The monoisotopic (exact) mass is 271 g/mol. The van der Waals surface area contributed by atoms with Gasteiger partial charge in [0.2, 0.25) is 0 Å². The first kappa shape index (κ1) is 13.4. The van der Waals surface area contributed by atoms with Crippen LogP contribution in [0.25, 0.3) is 0 Å². The molecule has 0 aliphatic heterocycles. The molecule has 5 nitrogen and oxygen atoms in total. The van der Waals surface area contributed by atoms with Gasteiger partial charge in [-0.15, -0.1) is 0 Å². The molecule has 18 heavy (non-hydrogen) atoms. The molecule has 2 unspecified atom stereocenters.